The van der Waals surface area contributed by atoms with Crippen molar-refractivity contribution in [1.82, 2.24) is 0 Å². The Kier molecular flexibility index (Phi) is 12.5. The third kappa shape index (κ3) is 16.4. The van der Waals surface area contributed by atoms with Crippen molar-refractivity contribution < 1.29 is 18.2 Å². The predicted molar refractivity (Wildman–Crippen MR) is 89.7 cm³/mol. The van der Waals surface area contributed by atoms with Gasteiger partial charge in [-0.3, -0.25) is 4.57 Å². The highest BCUT2D eigenvalue weighted by atomic mass is 31.2. The fourth-order valence-electron chi connectivity index (χ4n) is 1.86. The molecule has 0 aromatic carbocycles. The Morgan fingerprint density at radius 1 is 0.800 bits per heavy atom. The van der Waals surface area contributed by atoms with Crippen molar-refractivity contribution in [3.63, 3.8) is 0 Å². The second-order valence-electron chi connectivity index (χ2n) is 6.17. The SMILES string of the molecule is CC(C)CP(C)(C)=O.CCOP(=O)(CC(C)C)OCC. The lowest BCUT2D eigenvalue weighted by Gasteiger charge is -2.18. The van der Waals surface area contributed by atoms with E-state index >= 15 is 0 Å². The van der Waals surface area contributed by atoms with E-state index < -0.39 is 14.7 Å². The Bertz CT molecular complexity index is 311. The van der Waals surface area contributed by atoms with Gasteiger partial charge in [0, 0.05) is 6.16 Å². The van der Waals surface area contributed by atoms with Gasteiger partial charge in [-0.25, -0.2) is 0 Å². The molecule has 0 aromatic heterocycles. The Labute approximate surface area is 125 Å². The molecule has 0 saturated heterocycles. The van der Waals surface area contributed by atoms with Gasteiger partial charge < -0.3 is 13.6 Å². The van der Waals surface area contributed by atoms with Gasteiger partial charge in [-0.15, -0.1) is 0 Å². The molecule has 6 heteroatoms. The first kappa shape index (κ1) is 22.7. The summed E-state index contributed by atoms with van der Waals surface area (Å²) in [7, 11) is -4.50. The summed E-state index contributed by atoms with van der Waals surface area (Å²) in [6.45, 7) is 16.4. The summed E-state index contributed by atoms with van der Waals surface area (Å²) in [6, 6.07) is 0. The van der Waals surface area contributed by atoms with Gasteiger partial charge in [0.1, 0.15) is 0 Å². The first-order valence-electron chi connectivity index (χ1n) is 7.37. The molecule has 124 valence electrons. The normalized spacial score (nSPS) is 12.5. The quantitative estimate of drug-likeness (QED) is 0.577. The van der Waals surface area contributed by atoms with E-state index in [0.717, 1.165) is 6.16 Å². The van der Waals surface area contributed by atoms with Crippen molar-refractivity contribution in [3.8, 4) is 0 Å². The average Bonchev–Trinajstić information content (AvgIpc) is 2.12. The molecule has 0 spiro atoms. The third-order valence-corrected chi connectivity index (χ3v) is 6.14. The van der Waals surface area contributed by atoms with Gasteiger partial charge in [0.2, 0.25) is 0 Å². The fourth-order valence-corrected chi connectivity index (χ4v) is 5.59. The Balaban J connectivity index is 0. The van der Waals surface area contributed by atoms with Crippen molar-refractivity contribution in [2.75, 3.05) is 38.9 Å². The maximum atomic E-state index is 11.8. The second kappa shape index (κ2) is 11.0. The molecule has 0 rings (SSSR count). The molecule has 0 bridgehead atoms. The van der Waals surface area contributed by atoms with Gasteiger partial charge in [-0.05, 0) is 39.0 Å². The van der Waals surface area contributed by atoms with Crippen LogP contribution < -0.4 is 0 Å². The van der Waals surface area contributed by atoms with Crippen LogP contribution in [0.2, 0.25) is 0 Å². The maximum absolute atomic E-state index is 11.8. The largest absolute Gasteiger partial charge is 0.330 e. The van der Waals surface area contributed by atoms with E-state index in [1.165, 1.54) is 0 Å². The standard InChI is InChI=1S/C8H19O3P.C6H15OP/c1-5-10-12(9,11-6-2)7-8(3)4;1-6(2)5-8(3,4)7/h8H,5-7H2,1-4H3;6H,5H2,1-4H3. The van der Waals surface area contributed by atoms with Crippen LogP contribution in [0.5, 0.6) is 0 Å². The van der Waals surface area contributed by atoms with Crippen LogP contribution in [0, 0.1) is 11.8 Å². The minimum absolute atomic E-state index is 0.342. The van der Waals surface area contributed by atoms with Crippen LogP contribution in [-0.4, -0.2) is 38.9 Å². The van der Waals surface area contributed by atoms with Gasteiger partial charge >= 0.3 is 7.60 Å². The van der Waals surface area contributed by atoms with Crippen molar-refractivity contribution in [2.45, 2.75) is 41.5 Å². The van der Waals surface area contributed by atoms with E-state index in [9.17, 15) is 9.13 Å². The minimum atomic E-state index is -2.78. The van der Waals surface area contributed by atoms with Crippen LogP contribution in [0.4, 0.5) is 0 Å². The number of rotatable bonds is 8. The van der Waals surface area contributed by atoms with Crippen LogP contribution in [-0.2, 0) is 18.2 Å². The highest BCUT2D eigenvalue weighted by Crippen LogP contribution is 2.49. The summed E-state index contributed by atoms with van der Waals surface area (Å²) in [4.78, 5) is 0. The molecule has 0 amide bonds. The molecule has 0 N–H and O–H groups in total. The molecule has 0 heterocycles. The summed E-state index contributed by atoms with van der Waals surface area (Å²) >= 11 is 0. The summed E-state index contributed by atoms with van der Waals surface area (Å²) < 4.78 is 33.0. The first-order chi connectivity index (χ1) is 8.95. The third-order valence-electron chi connectivity index (χ3n) is 2.05. The van der Waals surface area contributed by atoms with Crippen molar-refractivity contribution in [2.24, 2.45) is 11.8 Å². The zero-order chi connectivity index (χ0) is 16.4. The zero-order valence-electron chi connectivity index (χ0n) is 14.5. The number of hydrogen-bond donors (Lipinski definition) is 0. The lowest BCUT2D eigenvalue weighted by atomic mass is 10.3. The van der Waals surface area contributed by atoms with Crippen LogP contribution in [0.25, 0.3) is 0 Å². The highest BCUT2D eigenvalue weighted by molar-refractivity contribution is 7.62. The molecular weight excluding hydrogens is 294 g/mol. The molecule has 0 aromatic rings. The van der Waals surface area contributed by atoms with Crippen LogP contribution in [0.1, 0.15) is 41.5 Å². The maximum Gasteiger partial charge on any atom is 0.330 e. The van der Waals surface area contributed by atoms with Gasteiger partial charge in [-0.2, -0.15) is 0 Å². The lowest BCUT2D eigenvalue weighted by molar-refractivity contribution is 0.217. The van der Waals surface area contributed by atoms with Crippen molar-refractivity contribution in [3.05, 3.63) is 0 Å². The summed E-state index contributed by atoms with van der Waals surface area (Å²) in [5, 5.41) is 0. The predicted octanol–water partition coefficient (Wildman–Crippen LogP) is 5.17. The topological polar surface area (TPSA) is 52.6 Å². The van der Waals surface area contributed by atoms with Crippen LogP contribution in [0.15, 0.2) is 0 Å². The zero-order valence-corrected chi connectivity index (χ0v) is 16.3. The van der Waals surface area contributed by atoms with Crippen LogP contribution in [0.3, 0.4) is 0 Å². The van der Waals surface area contributed by atoms with Gasteiger partial charge in [0.15, 0.2) is 0 Å². The van der Waals surface area contributed by atoms with E-state index in [-0.39, 0.29) is 0 Å². The minimum Gasteiger partial charge on any atom is -0.324 e. The lowest BCUT2D eigenvalue weighted by Crippen LogP contribution is -2.04. The fraction of sp³-hybridized carbons (Fsp3) is 1.00. The second-order valence-corrected chi connectivity index (χ2v) is 11.8. The molecular formula is C14H34O4P2. The van der Waals surface area contributed by atoms with Gasteiger partial charge in [0.05, 0.1) is 26.5 Å². The van der Waals surface area contributed by atoms with Crippen LogP contribution >= 0.6 is 14.7 Å². The van der Waals surface area contributed by atoms with E-state index in [4.69, 9.17) is 9.05 Å². The molecule has 0 saturated carbocycles. The molecule has 0 radical (unpaired) electrons. The molecule has 0 atom stereocenters. The smallest absolute Gasteiger partial charge is 0.324 e. The molecule has 20 heavy (non-hydrogen) atoms. The van der Waals surface area contributed by atoms with Gasteiger partial charge in [-0.1, -0.05) is 27.7 Å². The first-order valence-corrected chi connectivity index (χ1v) is 11.9. The Hall–Kier alpha value is 0.380. The Morgan fingerprint density at radius 3 is 1.30 bits per heavy atom. The van der Waals surface area contributed by atoms with E-state index in [1.54, 1.807) is 0 Å². The average molecular weight is 328 g/mol. The molecule has 4 nitrogen and oxygen atoms in total. The Morgan fingerprint density at radius 2 is 1.15 bits per heavy atom. The van der Waals surface area contributed by atoms with E-state index in [2.05, 4.69) is 13.8 Å². The molecule has 0 aliphatic rings. The van der Waals surface area contributed by atoms with Gasteiger partial charge in [0.25, 0.3) is 0 Å². The van der Waals surface area contributed by atoms with Crippen molar-refractivity contribution >= 4 is 14.7 Å². The molecule has 0 fully saturated rings. The summed E-state index contributed by atoms with van der Waals surface area (Å²) in [5.74, 6) is 0.921. The molecule has 0 unspecified atom stereocenters. The molecule has 0 aliphatic heterocycles. The summed E-state index contributed by atoms with van der Waals surface area (Å²) in [5.41, 5.74) is 0. The summed E-state index contributed by atoms with van der Waals surface area (Å²) in [6.07, 6.45) is 1.39. The molecule has 0 aliphatic carbocycles. The van der Waals surface area contributed by atoms with Crippen molar-refractivity contribution in [1.29, 1.82) is 0 Å². The monoisotopic (exact) mass is 328 g/mol. The van der Waals surface area contributed by atoms with E-state index in [1.807, 2.05) is 41.0 Å². The van der Waals surface area contributed by atoms with E-state index in [0.29, 0.717) is 31.2 Å². The number of hydrogen-bond acceptors (Lipinski definition) is 4. The highest BCUT2D eigenvalue weighted by Gasteiger charge is 2.24.